The van der Waals surface area contributed by atoms with Gasteiger partial charge in [-0.1, -0.05) is 0 Å². The molecule has 2 heterocycles. The highest BCUT2D eigenvalue weighted by atomic mass is 16.6. The van der Waals surface area contributed by atoms with E-state index >= 15 is 0 Å². The Labute approximate surface area is 155 Å². The van der Waals surface area contributed by atoms with Crippen molar-refractivity contribution in [2.75, 3.05) is 13.7 Å². The van der Waals surface area contributed by atoms with Crippen molar-refractivity contribution in [3.8, 4) is 0 Å². The molecule has 0 aromatic heterocycles. The largest absolute Gasteiger partial charge is 0.469 e. The summed E-state index contributed by atoms with van der Waals surface area (Å²) >= 11 is 0. The van der Waals surface area contributed by atoms with Crippen molar-refractivity contribution < 1.29 is 39.5 Å². The highest BCUT2D eigenvalue weighted by molar-refractivity contribution is 6.04. The SMILES string of the molecule is COC(=O)CCCC(=O)NC1=NC(C)(O)N(C2OC(CO)C(O)C2O)C=C1. The molecule has 1 amide bonds. The van der Waals surface area contributed by atoms with Crippen LogP contribution in [-0.2, 0) is 19.1 Å². The molecule has 27 heavy (non-hydrogen) atoms. The molecular weight excluding hydrogens is 362 g/mol. The second-order valence-corrected chi connectivity index (χ2v) is 6.40. The van der Waals surface area contributed by atoms with E-state index < -0.39 is 43.0 Å². The number of aliphatic hydroxyl groups is 4. The van der Waals surface area contributed by atoms with E-state index in [0.717, 1.165) is 0 Å². The Hall–Kier alpha value is -2.05. The summed E-state index contributed by atoms with van der Waals surface area (Å²) in [7, 11) is 1.27. The van der Waals surface area contributed by atoms with Gasteiger partial charge in [-0.2, -0.15) is 0 Å². The average Bonchev–Trinajstić information content (AvgIpc) is 2.89. The lowest BCUT2D eigenvalue weighted by Gasteiger charge is -2.40. The first-order chi connectivity index (χ1) is 12.7. The van der Waals surface area contributed by atoms with Crippen LogP contribution in [0.4, 0.5) is 0 Å². The zero-order valence-electron chi connectivity index (χ0n) is 15.1. The molecule has 1 fully saturated rings. The predicted molar refractivity (Wildman–Crippen MR) is 90.8 cm³/mol. The Bertz CT molecular complexity index is 621. The Morgan fingerprint density at radius 1 is 1.37 bits per heavy atom. The lowest BCUT2D eigenvalue weighted by atomic mass is 10.1. The van der Waals surface area contributed by atoms with Crippen LogP contribution < -0.4 is 5.32 Å². The van der Waals surface area contributed by atoms with E-state index in [1.54, 1.807) is 0 Å². The molecule has 152 valence electrons. The van der Waals surface area contributed by atoms with Crippen molar-refractivity contribution >= 4 is 17.7 Å². The summed E-state index contributed by atoms with van der Waals surface area (Å²) in [5.41, 5.74) is 0. The molecule has 2 aliphatic heterocycles. The lowest BCUT2D eigenvalue weighted by molar-refractivity contribution is -0.174. The van der Waals surface area contributed by atoms with Crippen LogP contribution in [0.1, 0.15) is 26.2 Å². The van der Waals surface area contributed by atoms with E-state index in [4.69, 9.17) is 9.84 Å². The van der Waals surface area contributed by atoms with Crippen LogP contribution in [0.5, 0.6) is 0 Å². The van der Waals surface area contributed by atoms with Gasteiger partial charge >= 0.3 is 5.97 Å². The zero-order valence-corrected chi connectivity index (χ0v) is 15.1. The summed E-state index contributed by atoms with van der Waals surface area (Å²) in [6.45, 7) is 0.819. The molecule has 0 aromatic rings. The Morgan fingerprint density at radius 3 is 2.63 bits per heavy atom. The first-order valence-electron chi connectivity index (χ1n) is 8.47. The molecule has 0 aliphatic carbocycles. The maximum Gasteiger partial charge on any atom is 0.305 e. The van der Waals surface area contributed by atoms with Gasteiger partial charge in [0.1, 0.15) is 24.1 Å². The Balaban J connectivity index is 1.96. The van der Waals surface area contributed by atoms with Gasteiger partial charge in [0.2, 0.25) is 11.8 Å². The fraction of sp³-hybridized carbons (Fsp3) is 0.688. The topological polar surface area (TPSA) is 161 Å². The number of carbonyl (C=O) groups is 2. The molecular formula is C16H25N3O8. The summed E-state index contributed by atoms with van der Waals surface area (Å²) in [5, 5.41) is 42.2. The van der Waals surface area contributed by atoms with Gasteiger partial charge in [0.15, 0.2) is 6.23 Å². The van der Waals surface area contributed by atoms with Crippen LogP contribution in [0.25, 0.3) is 0 Å². The standard InChI is InChI=1S/C16H25N3O8/c1-16(25)18-10(17-11(21)4-3-5-12(22)26-2)6-7-19(16)15-14(24)13(23)9(8-20)27-15/h6-7,9,13-15,20,23-25H,3-5,8H2,1-2H3,(H,17,18,21). The molecule has 2 rings (SSSR count). The number of hydrogen-bond acceptors (Lipinski definition) is 10. The number of rotatable bonds is 6. The molecule has 5 atom stereocenters. The minimum absolute atomic E-state index is 0.0721. The average molecular weight is 387 g/mol. The van der Waals surface area contributed by atoms with Crippen LogP contribution in [0.3, 0.4) is 0 Å². The molecule has 0 bridgehead atoms. The van der Waals surface area contributed by atoms with E-state index in [9.17, 15) is 24.9 Å². The number of esters is 1. The number of nitrogens with one attached hydrogen (secondary N) is 1. The van der Waals surface area contributed by atoms with Gasteiger partial charge in [-0.3, -0.25) is 9.59 Å². The summed E-state index contributed by atoms with van der Waals surface area (Å²) in [4.78, 5) is 28.1. The zero-order chi connectivity index (χ0) is 20.2. The molecule has 1 saturated heterocycles. The van der Waals surface area contributed by atoms with Gasteiger partial charge < -0.3 is 40.1 Å². The highest BCUT2D eigenvalue weighted by Gasteiger charge is 2.49. The van der Waals surface area contributed by atoms with E-state index in [1.165, 1.54) is 31.2 Å². The molecule has 5 unspecified atom stereocenters. The normalized spacial score (nSPS) is 33.0. The van der Waals surface area contributed by atoms with Crippen LogP contribution in [-0.4, -0.2) is 87.1 Å². The number of nitrogens with zero attached hydrogens (tertiary/aromatic N) is 2. The van der Waals surface area contributed by atoms with Crippen molar-refractivity contribution in [2.45, 2.75) is 56.6 Å². The summed E-state index contributed by atoms with van der Waals surface area (Å²) < 4.78 is 9.87. The summed E-state index contributed by atoms with van der Waals surface area (Å²) in [5.74, 6) is -2.58. The Kier molecular flexibility index (Phi) is 6.89. The lowest BCUT2D eigenvalue weighted by Crippen LogP contribution is -2.54. The third kappa shape index (κ3) is 5.02. The predicted octanol–water partition coefficient (Wildman–Crippen LogP) is -2.22. The monoisotopic (exact) mass is 387 g/mol. The van der Waals surface area contributed by atoms with E-state index in [-0.39, 0.29) is 24.6 Å². The quantitative estimate of drug-likeness (QED) is 0.318. The smallest absolute Gasteiger partial charge is 0.305 e. The highest BCUT2D eigenvalue weighted by Crippen LogP contribution is 2.30. The number of amidine groups is 1. The Morgan fingerprint density at radius 2 is 2.07 bits per heavy atom. The van der Waals surface area contributed by atoms with Crippen LogP contribution in [0.2, 0.25) is 0 Å². The molecule has 11 nitrogen and oxygen atoms in total. The van der Waals surface area contributed by atoms with E-state index in [2.05, 4.69) is 15.0 Å². The second kappa shape index (κ2) is 8.76. The molecule has 0 saturated carbocycles. The minimum Gasteiger partial charge on any atom is -0.469 e. The van der Waals surface area contributed by atoms with Crippen molar-refractivity contribution in [1.29, 1.82) is 0 Å². The maximum atomic E-state index is 11.9. The number of hydrogen-bond donors (Lipinski definition) is 5. The minimum atomic E-state index is -1.88. The fourth-order valence-electron chi connectivity index (χ4n) is 2.82. The van der Waals surface area contributed by atoms with Gasteiger partial charge in [0.25, 0.3) is 0 Å². The number of methoxy groups -OCH3 is 1. The summed E-state index contributed by atoms with van der Waals surface area (Å²) in [6, 6.07) is 0. The molecule has 0 aromatic carbocycles. The number of carbonyl (C=O) groups excluding carboxylic acids is 2. The van der Waals surface area contributed by atoms with Crippen molar-refractivity contribution in [2.24, 2.45) is 4.99 Å². The number of aliphatic imine (C=N–C) groups is 1. The maximum absolute atomic E-state index is 11.9. The third-order valence-corrected chi connectivity index (χ3v) is 4.29. The van der Waals surface area contributed by atoms with E-state index in [1.807, 2.05) is 0 Å². The van der Waals surface area contributed by atoms with Crippen LogP contribution >= 0.6 is 0 Å². The molecule has 11 heteroatoms. The van der Waals surface area contributed by atoms with Gasteiger partial charge in [-0.05, 0) is 12.5 Å². The first kappa shape index (κ1) is 21.3. The van der Waals surface area contributed by atoms with Crippen molar-refractivity contribution in [1.82, 2.24) is 10.2 Å². The van der Waals surface area contributed by atoms with Crippen LogP contribution in [0.15, 0.2) is 17.3 Å². The molecule has 5 N–H and O–H groups in total. The van der Waals surface area contributed by atoms with E-state index in [0.29, 0.717) is 6.42 Å². The molecule has 0 spiro atoms. The number of ether oxygens (including phenoxy) is 2. The van der Waals surface area contributed by atoms with Crippen molar-refractivity contribution in [3.05, 3.63) is 12.3 Å². The van der Waals surface area contributed by atoms with Crippen molar-refractivity contribution in [3.63, 3.8) is 0 Å². The van der Waals surface area contributed by atoms with Gasteiger partial charge in [0.05, 0.1) is 13.7 Å². The third-order valence-electron chi connectivity index (χ3n) is 4.29. The number of aliphatic hydroxyl groups excluding tert-OH is 3. The first-order valence-corrected chi connectivity index (χ1v) is 8.47. The van der Waals surface area contributed by atoms with Gasteiger partial charge in [-0.15, -0.1) is 0 Å². The van der Waals surface area contributed by atoms with Gasteiger partial charge in [0, 0.05) is 26.0 Å². The van der Waals surface area contributed by atoms with Crippen LogP contribution in [0, 0.1) is 0 Å². The second-order valence-electron chi connectivity index (χ2n) is 6.40. The summed E-state index contributed by atoms with van der Waals surface area (Å²) in [6.07, 6.45) is -1.57. The fourth-order valence-corrected chi connectivity index (χ4v) is 2.82. The number of amides is 1. The molecule has 2 aliphatic rings. The van der Waals surface area contributed by atoms with Gasteiger partial charge in [-0.25, -0.2) is 4.99 Å². The molecule has 0 radical (unpaired) electrons.